The second kappa shape index (κ2) is 8.75. The summed E-state index contributed by atoms with van der Waals surface area (Å²) in [5.74, 6) is -0.00808. The lowest BCUT2D eigenvalue weighted by atomic mass is 9.83. The zero-order valence-corrected chi connectivity index (χ0v) is 18.4. The van der Waals surface area contributed by atoms with Crippen molar-refractivity contribution in [1.82, 2.24) is 14.8 Å². The number of anilines is 1. The Morgan fingerprint density at radius 2 is 1.87 bits per heavy atom. The summed E-state index contributed by atoms with van der Waals surface area (Å²) >= 11 is 6.00. The van der Waals surface area contributed by atoms with Gasteiger partial charge in [0.05, 0.1) is 0 Å². The number of benzene rings is 1. The molecule has 8 heteroatoms. The normalized spacial score (nSPS) is 20.7. The van der Waals surface area contributed by atoms with Gasteiger partial charge >= 0.3 is 6.03 Å². The fourth-order valence-electron chi connectivity index (χ4n) is 4.61. The second-order valence-corrected chi connectivity index (χ2v) is 9.21. The zero-order valence-electron chi connectivity index (χ0n) is 17.7. The van der Waals surface area contributed by atoms with Crippen LogP contribution in [0, 0.1) is 11.8 Å². The Bertz CT molecular complexity index is 1050. The van der Waals surface area contributed by atoms with E-state index in [2.05, 4.69) is 10.6 Å². The van der Waals surface area contributed by atoms with Crippen molar-refractivity contribution in [3.63, 3.8) is 0 Å². The number of rotatable bonds is 4. The lowest BCUT2D eigenvalue weighted by Gasteiger charge is -2.43. The van der Waals surface area contributed by atoms with E-state index in [0.717, 1.165) is 12.1 Å². The van der Waals surface area contributed by atoms with Crippen molar-refractivity contribution in [2.24, 2.45) is 11.8 Å². The highest BCUT2D eigenvalue weighted by Gasteiger charge is 2.37. The predicted molar refractivity (Wildman–Crippen MR) is 120 cm³/mol. The number of nitrogens with one attached hydrogen (secondary N) is 2. The van der Waals surface area contributed by atoms with Gasteiger partial charge < -0.3 is 20.1 Å². The van der Waals surface area contributed by atoms with Crippen LogP contribution in [0.4, 0.5) is 10.5 Å². The van der Waals surface area contributed by atoms with Crippen molar-refractivity contribution in [2.75, 3.05) is 18.4 Å². The summed E-state index contributed by atoms with van der Waals surface area (Å²) in [5.41, 5.74) is 1.59. The molecule has 3 atom stereocenters. The number of hydrogen-bond donors (Lipinski definition) is 2. The average Bonchev–Trinajstić information content (AvgIpc) is 2.72. The van der Waals surface area contributed by atoms with Crippen LogP contribution < -0.4 is 16.2 Å². The van der Waals surface area contributed by atoms with E-state index in [1.54, 1.807) is 41.3 Å². The smallest absolute Gasteiger partial charge is 0.318 e. The van der Waals surface area contributed by atoms with Gasteiger partial charge in [-0.15, -0.1) is 0 Å². The molecular weight excluding hydrogens is 416 g/mol. The summed E-state index contributed by atoms with van der Waals surface area (Å²) in [6, 6.07) is 11.3. The topological polar surface area (TPSA) is 83.4 Å². The van der Waals surface area contributed by atoms with Crippen molar-refractivity contribution < 1.29 is 9.59 Å². The van der Waals surface area contributed by atoms with Gasteiger partial charge in [0.2, 0.25) is 5.91 Å². The highest BCUT2D eigenvalue weighted by molar-refractivity contribution is 6.30. The van der Waals surface area contributed by atoms with E-state index in [-0.39, 0.29) is 35.3 Å². The Labute approximate surface area is 186 Å². The van der Waals surface area contributed by atoms with E-state index in [9.17, 15) is 14.4 Å². The Hall–Kier alpha value is -2.80. The van der Waals surface area contributed by atoms with Crippen LogP contribution in [-0.2, 0) is 11.3 Å². The number of carbonyl (C=O) groups excluding carboxylic acids is 2. The first kappa shape index (κ1) is 21.4. The molecule has 2 N–H and O–H groups in total. The van der Waals surface area contributed by atoms with Crippen LogP contribution in [0.2, 0.25) is 5.02 Å². The molecule has 2 bridgehead atoms. The lowest BCUT2D eigenvalue weighted by molar-refractivity contribution is -0.118. The van der Waals surface area contributed by atoms with Crippen molar-refractivity contribution >= 4 is 29.2 Å². The maximum atomic E-state index is 13.1. The van der Waals surface area contributed by atoms with E-state index < -0.39 is 6.04 Å². The van der Waals surface area contributed by atoms with Gasteiger partial charge in [0, 0.05) is 48.0 Å². The monoisotopic (exact) mass is 442 g/mol. The van der Waals surface area contributed by atoms with Crippen molar-refractivity contribution in [1.29, 1.82) is 0 Å². The molecule has 0 saturated carbocycles. The SMILES string of the molecule is CC(C)[C@H](NC(=O)N1C[C@@H]2C[C@@H](C1)c1cccc(=O)n1C2)C(=O)Nc1cccc(Cl)c1. The van der Waals surface area contributed by atoms with E-state index >= 15 is 0 Å². The number of nitrogens with zero attached hydrogens (tertiary/aromatic N) is 2. The largest absolute Gasteiger partial charge is 0.326 e. The minimum atomic E-state index is -0.678. The van der Waals surface area contributed by atoms with Gasteiger partial charge in [0.1, 0.15) is 6.04 Å². The summed E-state index contributed by atoms with van der Waals surface area (Å²) in [6.45, 7) is 5.53. The molecule has 2 aromatic rings. The number of carbonyl (C=O) groups is 2. The maximum Gasteiger partial charge on any atom is 0.318 e. The third-order valence-electron chi connectivity index (χ3n) is 6.09. The summed E-state index contributed by atoms with van der Waals surface area (Å²) in [4.78, 5) is 39.9. The molecule has 1 saturated heterocycles. The standard InChI is InChI=1S/C23H27ClN4O3/c1-14(2)21(22(30)25-18-6-3-5-17(24)10-18)26-23(31)27-11-15-9-16(13-27)19-7-4-8-20(29)28(19)12-15/h3-8,10,14-16,21H,9,11-13H2,1-2H3,(H,25,30)(H,26,31)/t15-,16-,21-/m0/s1. The molecule has 2 aliphatic rings. The molecule has 164 valence electrons. The molecule has 1 aromatic heterocycles. The summed E-state index contributed by atoms with van der Waals surface area (Å²) in [7, 11) is 0. The Kier molecular flexibility index (Phi) is 6.05. The highest BCUT2D eigenvalue weighted by atomic mass is 35.5. The molecule has 2 aliphatic heterocycles. The van der Waals surface area contributed by atoms with Crippen LogP contribution >= 0.6 is 11.6 Å². The third-order valence-corrected chi connectivity index (χ3v) is 6.32. The Morgan fingerprint density at radius 3 is 2.61 bits per heavy atom. The van der Waals surface area contributed by atoms with Crippen LogP contribution in [0.3, 0.4) is 0 Å². The van der Waals surface area contributed by atoms with E-state index in [0.29, 0.717) is 30.3 Å². The van der Waals surface area contributed by atoms with Gasteiger partial charge in [-0.2, -0.15) is 0 Å². The first-order valence-electron chi connectivity index (χ1n) is 10.6. The maximum absolute atomic E-state index is 13.1. The molecule has 1 fully saturated rings. The second-order valence-electron chi connectivity index (χ2n) is 8.77. The molecule has 7 nitrogen and oxygen atoms in total. The van der Waals surface area contributed by atoms with Crippen molar-refractivity contribution in [2.45, 2.75) is 38.8 Å². The number of halogens is 1. The minimum absolute atomic E-state index is 0.0164. The van der Waals surface area contributed by atoms with Crippen LogP contribution in [0.15, 0.2) is 47.3 Å². The molecule has 31 heavy (non-hydrogen) atoms. The number of fused-ring (bicyclic) bond motifs is 4. The predicted octanol–water partition coefficient (Wildman–Crippen LogP) is 3.29. The average molecular weight is 443 g/mol. The molecule has 4 rings (SSSR count). The van der Waals surface area contributed by atoms with Crippen LogP contribution in [0.25, 0.3) is 0 Å². The number of piperidine rings is 1. The van der Waals surface area contributed by atoms with Crippen LogP contribution in [0.1, 0.15) is 31.9 Å². The van der Waals surface area contributed by atoms with E-state index in [1.165, 1.54) is 0 Å². The Balaban J connectivity index is 1.45. The van der Waals surface area contributed by atoms with Gasteiger partial charge in [-0.05, 0) is 42.5 Å². The fourth-order valence-corrected chi connectivity index (χ4v) is 4.80. The zero-order chi connectivity index (χ0) is 22.1. The van der Waals surface area contributed by atoms with Crippen LogP contribution in [0.5, 0.6) is 0 Å². The summed E-state index contributed by atoms with van der Waals surface area (Å²) in [5, 5.41) is 6.29. The first-order valence-corrected chi connectivity index (χ1v) is 11.0. The van der Waals surface area contributed by atoms with Gasteiger partial charge in [0.15, 0.2) is 0 Å². The van der Waals surface area contributed by atoms with E-state index in [4.69, 9.17) is 11.6 Å². The number of amides is 3. The molecule has 0 aliphatic carbocycles. The Morgan fingerprint density at radius 1 is 1.10 bits per heavy atom. The van der Waals surface area contributed by atoms with Gasteiger partial charge in [-0.1, -0.05) is 37.6 Å². The quantitative estimate of drug-likeness (QED) is 0.762. The molecule has 0 unspecified atom stereocenters. The van der Waals surface area contributed by atoms with Crippen molar-refractivity contribution in [3.05, 3.63) is 63.5 Å². The number of hydrogen-bond acceptors (Lipinski definition) is 3. The molecule has 0 radical (unpaired) electrons. The van der Waals surface area contributed by atoms with E-state index in [1.807, 2.05) is 24.5 Å². The molecule has 3 amide bonds. The number of likely N-dealkylation sites (tertiary alicyclic amines) is 1. The minimum Gasteiger partial charge on any atom is -0.326 e. The van der Waals surface area contributed by atoms with Crippen molar-refractivity contribution in [3.8, 4) is 0 Å². The highest BCUT2D eigenvalue weighted by Crippen LogP contribution is 2.35. The first-order chi connectivity index (χ1) is 14.8. The molecule has 0 spiro atoms. The van der Waals surface area contributed by atoms with Gasteiger partial charge in [0.25, 0.3) is 5.56 Å². The molecule has 3 heterocycles. The molecule has 1 aromatic carbocycles. The number of aromatic nitrogens is 1. The number of urea groups is 1. The fraction of sp³-hybridized carbons (Fsp3) is 0.435. The summed E-state index contributed by atoms with van der Waals surface area (Å²) < 4.78 is 1.84. The van der Waals surface area contributed by atoms with Gasteiger partial charge in [-0.25, -0.2) is 4.79 Å². The number of pyridine rings is 1. The van der Waals surface area contributed by atoms with Gasteiger partial charge in [-0.3, -0.25) is 9.59 Å². The third kappa shape index (κ3) is 4.61. The summed E-state index contributed by atoms with van der Waals surface area (Å²) in [6.07, 6.45) is 0.968. The molecular formula is C23H27ClN4O3. The van der Waals surface area contributed by atoms with Crippen LogP contribution in [-0.4, -0.2) is 40.5 Å². The lowest BCUT2D eigenvalue weighted by Crippen LogP contribution is -2.56.